The molecule has 0 spiro atoms. The van der Waals surface area contributed by atoms with Gasteiger partial charge < -0.3 is 10.3 Å². The van der Waals surface area contributed by atoms with Crippen molar-refractivity contribution < 1.29 is 22.8 Å². The highest BCUT2D eigenvalue weighted by Crippen LogP contribution is 2.30. The second-order valence-corrected chi connectivity index (χ2v) is 14.2. The first-order valence-electron chi connectivity index (χ1n) is 19.7. The zero-order valence-electron chi connectivity index (χ0n) is 34.0. The number of benzene rings is 3. The number of fused-ring (bicyclic) bond motifs is 2. The van der Waals surface area contributed by atoms with Crippen LogP contribution in [-0.2, 0) is 30.5 Å². The maximum atomic E-state index is 13.5. The van der Waals surface area contributed by atoms with Gasteiger partial charge in [0.1, 0.15) is 17.5 Å². The summed E-state index contributed by atoms with van der Waals surface area (Å²) < 4.78 is 41.6. The van der Waals surface area contributed by atoms with Gasteiger partial charge in [-0.05, 0) is 120 Å². The first-order chi connectivity index (χ1) is 26.4. The molecule has 0 saturated carbocycles. The van der Waals surface area contributed by atoms with E-state index in [-0.39, 0.29) is 29.3 Å². The van der Waals surface area contributed by atoms with Crippen LogP contribution in [0.15, 0.2) is 59.1 Å². The molecule has 55 heavy (non-hydrogen) atoms. The number of aromatic amines is 1. The van der Waals surface area contributed by atoms with Gasteiger partial charge in [-0.15, -0.1) is 11.8 Å². The molecule has 0 saturated heterocycles. The van der Waals surface area contributed by atoms with E-state index in [1.54, 1.807) is 29.7 Å². The van der Waals surface area contributed by atoms with Gasteiger partial charge in [-0.2, -0.15) is 0 Å². The normalized spacial score (nSPS) is 10.3. The Bertz CT molecular complexity index is 2030. The largest absolute Gasteiger partial charge is 0.358 e. The lowest BCUT2D eigenvalue weighted by Gasteiger charge is -2.07. The minimum Gasteiger partial charge on any atom is -0.358 e. The van der Waals surface area contributed by atoms with E-state index in [0.717, 1.165) is 97.3 Å². The quantitative estimate of drug-likeness (QED) is 0.130. The summed E-state index contributed by atoms with van der Waals surface area (Å²) in [7, 11) is 0. The zero-order chi connectivity index (χ0) is 40.9. The molecule has 5 aromatic rings. The van der Waals surface area contributed by atoms with Gasteiger partial charge in [0.15, 0.2) is 0 Å². The first-order valence-corrected chi connectivity index (χ1v) is 20.5. The van der Waals surface area contributed by atoms with E-state index in [0.29, 0.717) is 10.2 Å². The van der Waals surface area contributed by atoms with E-state index in [1.807, 2.05) is 6.07 Å². The molecular weight excluding hydrogens is 763 g/mol. The topological polar surface area (TPSA) is 66.9 Å². The summed E-state index contributed by atoms with van der Waals surface area (Å²) >= 11 is 3.12. The van der Waals surface area contributed by atoms with E-state index in [2.05, 4.69) is 79.6 Å². The molecule has 0 atom stereocenters. The third kappa shape index (κ3) is 14.7. The van der Waals surface area contributed by atoms with Crippen LogP contribution in [0.1, 0.15) is 134 Å². The fourth-order valence-corrected chi connectivity index (χ4v) is 6.70. The molecular formula is C46H59BrF3N3O2. The van der Waals surface area contributed by atoms with Crippen molar-refractivity contribution in [3.63, 3.8) is 0 Å². The van der Waals surface area contributed by atoms with Gasteiger partial charge in [-0.1, -0.05) is 67.2 Å². The summed E-state index contributed by atoms with van der Waals surface area (Å²) in [5, 5.41) is 4.50. The molecule has 1 amide bonds. The molecule has 0 aliphatic carbocycles. The third-order valence-electron chi connectivity index (χ3n) is 8.52. The Morgan fingerprint density at radius 3 is 1.73 bits per heavy atom. The third-order valence-corrected chi connectivity index (χ3v) is 9.17. The SMILES string of the molecule is CC(=O)Nc1ccc(F)cc1Br.CCCC#CCCC.CCCc1[nH]c2ccc(F)cc2c1CCC.CCCc1c(CCC)n(C(C)=O)c2ccc(F)cc12. The van der Waals surface area contributed by atoms with Crippen molar-refractivity contribution >= 4 is 55.2 Å². The van der Waals surface area contributed by atoms with Gasteiger partial charge in [0.2, 0.25) is 11.8 Å². The molecule has 5 nitrogen and oxygen atoms in total. The number of nitrogens with zero attached hydrogens (tertiary/aromatic N) is 1. The van der Waals surface area contributed by atoms with Crippen molar-refractivity contribution in [2.75, 3.05) is 5.32 Å². The number of hydrogen-bond acceptors (Lipinski definition) is 2. The average molecular weight is 823 g/mol. The Hall–Kier alpha value is -4.29. The smallest absolute Gasteiger partial charge is 0.228 e. The number of rotatable bonds is 11. The molecule has 0 fully saturated rings. The first kappa shape index (κ1) is 46.9. The predicted molar refractivity (Wildman–Crippen MR) is 228 cm³/mol. The summed E-state index contributed by atoms with van der Waals surface area (Å²) in [4.78, 5) is 26.0. The number of H-pyrrole nitrogens is 1. The van der Waals surface area contributed by atoms with E-state index in [4.69, 9.17) is 0 Å². The van der Waals surface area contributed by atoms with Gasteiger partial charge >= 0.3 is 0 Å². The van der Waals surface area contributed by atoms with E-state index < -0.39 is 0 Å². The number of aromatic nitrogens is 2. The fourth-order valence-electron chi connectivity index (χ4n) is 6.25. The highest BCUT2D eigenvalue weighted by molar-refractivity contribution is 9.10. The molecule has 2 N–H and O–H groups in total. The molecule has 5 rings (SSSR count). The number of carbonyl (C=O) groups is 2. The van der Waals surface area contributed by atoms with Gasteiger partial charge in [0.25, 0.3) is 0 Å². The lowest BCUT2D eigenvalue weighted by molar-refractivity contribution is -0.114. The summed E-state index contributed by atoms with van der Waals surface area (Å²) in [5.74, 6) is 5.27. The highest BCUT2D eigenvalue weighted by atomic mass is 79.9. The second kappa shape index (κ2) is 25.0. The molecule has 2 aromatic heterocycles. The maximum absolute atomic E-state index is 13.5. The van der Waals surface area contributed by atoms with Crippen LogP contribution in [0.25, 0.3) is 21.8 Å². The zero-order valence-corrected chi connectivity index (χ0v) is 35.5. The van der Waals surface area contributed by atoms with Crippen LogP contribution in [0.5, 0.6) is 0 Å². The van der Waals surface area contributed by atoms with Crippen LogP contribution >= 0.6 is 15.9 Å². The second-order valence-electron chi connectivity index (χ2n) is 13.4. The molecule has 0 aliphatic heterocycles. The van der Waals surface area contributed by atoms with E-state index in [9.17, 15) is 22.8 Å². The fraction of sp³-hybridized carbons (Fsp3) is 0.435. The molecule has 0 aliphatic rings. The number of carbonyl (C=O) groups excluding carboxylic acids is 2. The number of nitrogens with one attached hydrogen (secondary N) is 2. The predicted octanol–water partition coefficient (Wildman–Crippen LogP) is 13.7. The average Bonchev–Trinajstić information content (AvgIpc) is 3.63. The maximum Gasteiger partial charge on any atom is 0.228 e. The van der Waals surface area contributed by atoms with Crippen molar-refractivity contribution in [2.45, 2.75) is 132 Å². The number of halogens is 4. The van der Waals surface area contributed by atoms with Gasteiger partial charge in [-0.3, -0.25) is 14.2 Å². The molecule has 3 aromatic carbocycles. The van der Waals surface area contributed by atoms with E-state index >= 15 is 0 Å². The molecule has 298 valence electrons. The Kier molecular flexibility index (Phi) is 21.3. The Balaban J connectivity index is 0.000000265. The van der Waals surface area contributed by atoms with E-state index in [1.165, 1.54) is 61.4 Å². The van der Waals surface area contributed by atoms with Crippen LogP contribution in [0.3, 0.4) is 0 Å². The number of hydrogen-bond donors (Lipinski definition) is 2. The highest BCUT2D eigenvalue weighted by Gasteiger charge is 2.18. The molecule has 0 radical (unpaired) electrons. The van der Waals surface area contributed by atoms with Crippen molar-refractivity contribution in [3.8, 4) is 11.8 Å². The lowest BCUT2D eigenvalue weighted by Crippen LogP contribution is -2.10. The molecule has 0 unspecified atom stereocenters. The number of amides is 1. The van der Waals surface area contributed by atoms with Crippen LogP contribution in [0.4, 0.5) is 18.9 Å². The number of aryl methyl sites for hydroxylation is 3. The lowest BCUT2D eigenvalue weighted by atomic mass is 10.0. The van der Waals surface area contributed by atoms with Crippen LogP contribution in [0, 0.1) is 29.3 Å². The minimum absolute atomic E-state index is 0.00223. The minimum atomic E-state index is -0.337. The van der Waals surface area contributed by atoms with Crippen molar-refractivity contribution in [1.29, 1.82) is 0 Å². The molecule has 2 heterocycles. The van der Waals surface area contributed by atoms with Crippen LogP contribution < -0.4 is 5.32 Å². The van der Waals surface area contributed by atoms with Crippen molar-refractivity contribution in [2.24, 2.45) is 0 Å². The van der Waals surface area contributed by atoms with Gasteiger partial charge in [-0.25, -0.2) is 13.2 Å². The summed E-state index contributed by atoms with van der Waals surface area (Å²) in [6, 6.07) is 13.8. The van der Waals surface area contributed by atoms with Gasteiger partial charge in [0, 0.05) is 58.8 Å². The summed E-state index contributed by atoms with van der Waals surface area (Å²) in [6.45, 7) is 15.8. The summed E-state index contributed by atoms with van der Waals surface area (Å²) in [5.41, 5.74) is 7.24. The Labute approximate surface area is 335 Å². The Morgan fingerprint density at radius 2 is 1.20 bits per heavy atom. The Morgan fingerprint density at radius 1 is 0.673 bits per heavy atom. The van der Waals surface area contributed by atoms with Crippen LogP contribution in [-0.4, -0.2) is 21.4 Å². The number of anilines is 1. The molecule has 0 bridgehead atoms. The van der Waals surface area contributed by atoms with Crippen LogP contribution in [0.2, 0.25) is 0 Å². The number of unbranched alkanes of at least 4 members (excludes halogenated alkanes) is 2. The van der Waals surface area contributed by atoms with Crippen molar-refractivity contribution in [3.05, 3.63) is 99.0 Å². The summed E-state index contributed by atoms with van der Waals surface area (Å²) in [6.07, 6.45) is 12.5. The van der Waals surface area contributed by atoms with Gasteiger partial charge in [0.05, 0.1) is 11.2 Å². The van der Waals surface area contributed by atoms with Crippen molar-refractivity contribution in [1.82, 2.24) is 9.55 Å². The standard InChI is InChI=1S/C16H20FNO.C14H18FN.C8H7BrFNO.C8H14/c1-4-6-13-14-10-12(17)8-9-16(14)18(11(3)19)15(13)7-5-2;1-3-5-11-12-9-10(15)7-8-14(12)16-13(11)6-4-2;1-5(12)11-8-3-2-6(10)4-7(8)9;1-3-5-7-8-6-4-2/h8-10H,4-7H2,1-3H3;7-9,16H,3-6H2,1-2H3;2-4H,1H3,(H,11,12);3-6H2,1-2H3. The monoisotopic (exact) mass is 821 g/mol. The molecule has 9 heteroatoms.